The zero-order chi connectivity index (χ0) is 22.1. The van der Waals surface area contributed by atoms with Crippen molar-refractivity contribution < 1.29 is 13.3 Å². The van der Waals surface area contributed by atoms with Crippen LogP contribution in [-0.4, -0.2) is 34.3 Å². The van der Waals surface area contributed by atoms with Gasteiger partial charge in [-0.1, -0.05) is 37.6 Å². The summed E-state index contributed by atoms with van der Waals surface area (Å²) >= 11 is 0. The lowest BCUT2D eigenvalue weighted by Gasteiger charge is -2.30. The van der Waals surface area contributed by atoms with E-state index in [0.717, 1.165) is 54.3 Å². The number of rotatable bonds is 8. The molecule has 0 heterocycles. The van der Waals surface area contributed by atoms with Gasteiger partial charge in [0.1, 0.15) is 18.2 Å². The van der Waals surface area contributed by atoms with Gasteiger partial charge in [0, 0.05) is 41.4 Å². The summed E-state index contributed by atoms with van der Waals surface area (Å²) in [6.07, 6.45) is 4.16. The Labute approximate surface area is 210 Å². The van der Waals surface area contributed by atoms with Gasteiger partial charge in [-0.05, 0) is 54.7 Å². The Bertz CT molecular complexity index is 895. The summed E-state index contributed by atoms with van der Waals surface area (Å²) in [5.74, 6) is 1.98. The van der Waals surface area contributed by atoms with Crippen molar-refractivity contribution >= 4 is 40.7 Å². The van der Waals surface area contributed by atoms with Gasteiger partial charge in [0.05, 0.1) is 0 Å². The van der Waals surface area contributed by atoms with Gasteiger partial charge in [-0.15, -0.1) is 24.0 Å². The summed E-state index contributed by atoms with van der Waals surface area (Å²) in [5.41, 5.74) is 1.91. The Hall–Kier alpha value is -1.68. The Kier molecular flexibility index (Phi) is 11.4. The van der Waals surface area contributed by atoms with E-state index in [9.17, 15) is 8.60 Å². The van der Waals surface area contributed by atoms with Gasteiger partial charge >= 0.3 is 0 Å². The van der Waals surface area contributed by atoms with Crippen molar-refractivity contribution in [3.05, 3.63) is 65.5 Å². The number of nitrogens with zero attached hydrogens (tertiary/aromatic N) is 1. The highest BCUT2D eigenvalue weighted by Gasteiger charge is 2.25. The average Bonchev–Trinajstić information content (AvgIpc) is 2.80. The largest absolute Gasteiger partial charge is 0.489 e. The van der Waals surface area contributed by atoms with Crippen LogP contribution in [0.2, 0.25) is 0 Å². The molecule has 32 heavy (non-hydrogen) atoms. The molecule has 0 aromatic heterocycles. The Morgan fingerprint density at radius 3 is 2.66 bits per heavy atom. The van der Waals surface area contributed by atoms with Crippen LogP contribution in [0.1, 0.15) is 43.7 Å². The molecule has 1 saturated carbocycles. The molecule has 3 unspecified atom stereocenters. The quantitative estimate of drug-likeness (QED) is 0.272. The van der Waals surface area contributed by atoms with E-state index in [0.29, 0.717) is 19.2 Å². The third-order valence-corrected chi connectivity index (χ3v) is 7.27. The number of hydrogen-bond donors (Lipinski definition) is 2. The first kappa shape index (κ1) is 26.6. The lowest BCUT2D eigenvalue weighted by Crippen LogP contribution is -2.46. The van der Waals surface area contributed by atoms with E-state index < -0.39 is 10.8 Å². The highest BCUT2D eigenvalue weighted by atomic mass is 127. The van der Waals surface area contributed by atoms with Crippen LogP contribution in [0.15, 0.2) is 53.5 Å². The molecule has 2 aromatic rings. The van der Waals surface area contributed by atoms with Crippen molar-refractivity contribution in [1.29, 1.82) is 0 Å². The van der Waals surface area contributed by atoms with E-state index in [1.54, 1.807) is 13.1 Å². The smallest absolute Gasteiger partial charge is 0.191 e. The minimum Gasteiger partial charge on any atom is -0.489 e. The zero-order valence-electron chi connectivity index (χ0n) is 18.7. The lowest BCUT2D eigenvalue weighted by atomic mass is 9.95. The maximum atomic E-state index is 13.3. The predicted molar refractivity (Wildman–Crippen MR) is 141 cm³/mol. The van der Waals surface area contributed by atoms with E-state index in [4.69, 9.17) is 4.74 Å². The van der Waals surface area contributed by atoms with Crippen LogP contribution in [-0.2, 0) is 24.0 Å². The second-order valence-electron chi connectivity index (χ2n) is 7.79. The number of benzene rings is 2. The fraction of sp³-hybridized carbons (Fsp3) is 0.458. The van der Waals surface area contributed by atoms with Crippen molar-refractivity contribution in [3.8, 4) is 5.75 Å². The van der Waals surface area contributed by atoms with Crippen molar-refractivity contribution in [1.82, 2.24) is 10.6 Å². The number of nitrogens with one attached hydrogen (secondary N) is 2. The van der Waals surface area contributed by atoms with E-state index in [2.05, 4.69) is 15.6 Å². The van der Waals surface area contributed by atoms with Gasteiger partial charge in [-0.25, -0.2) is 4.39 Å². The second-order valence-corrected chi connectivity index (χ2v) is 9.79. The van der Waals surface area contributed by atoms with Crippen LogP contribution < -0.4 is 15.4 Å². The summed E-state index contributed by atoms with van der Waals surface area (Å²) in [4.78, 5) is 4.34. The fourth-order valence-corrected chi connectivity index (χ4v) is 5.17. The van der Waals surface area contributed by atoms with E-state index in [-0.39, 0.29) is 35.0 Å². The van der Waals surface area contributed by atoms with E-state index in [1.807, 2.05) is 37.3 Å². The molecule has 3 atom stereocenters. The Morgan fingerprint density at radius 2 is 1.97 bits per heavy atom. The Morgan fingerprint density at radius 1 is 1.19 bits per heavy atom. The van der Waals surface area contributed by atoms with Crippen molar-refractivity contribution in [3.63, 3.8) is 0 Å². The van der Waals surface area contributed by atoms with Gasteiger partial charge < -0.3 is 15.4 Å². The second kappa shape index (κ2) is 13.8. The van der Waals surface area contributed by atoms with Crippen molar-refractivity contribution in [2.24, 2.45) is 4.99 Å². The summed E-state index contributed by atoms with van der Waals surface area (Å²) in [5, 5.41) is 7.13. The molecule has 0 saturated heterocycles. The normalized spacial score (nSPS) is 19.5. The molecule has 0 bridgehead atoms. The summed E-state index contributed by atoms with van der Waals surface area (Å²) in [6, 6.07) is 14.6. The SMILES string of the molecule is CCS(=O)C1CCCC(NC(=NC)NCc2ccc(OCc3cccc(F)c3)cc2)C1.I. The zero-order valence-corrected chi connectivity index (χ0v) is 21.8. The maximum absolute atomic E-state index is 13.3. The average molecular weight is 574 g/mol. The molecular formula is C24H33FIN3O2S. The molecule has 0 aliphatic heterocycles. The van der Waals surface area contributed by atoms with Gasteiger partial charge in [-0.2, -0.15) is 0 Å². The minimum absolute atomic E-state index is 0. The molecule has 3 rings (SSSR count). The van der Waals surface area contributed by atoms with E-state index in [1.165, 1.54) is 12.1 Å². The number of halogens is 2. The highest BCUT2D eigenvalue weighted by Crippen LogP contribution is 2.23. The molecule has 2 aromatic carbocycles. The van der Waals surface area contributed by atoms with Gasteiger partial charge in [-0.3, -0.25) is 9.20 Å². The molecule has 8 heteroatoms. The van der Waals surface area contributed by atoms with Crippen LogP contribution in [0, 0.1) is 5.82 Å². The molecule has 176 valence electrons. The van der Waals surface area contributed by atoms with Crippen LogP contribution >= 0.6 is 24.0 Å². The lowest BCUT2D eigenvalue weighted by molar-refractivity contribution is 0.305. The molecule has 0 amide bonds. The monoisotopic (exact) mass is 573 g/mol. The number of aliphatic imine (C=N–C) groups is 1. The first-order chi connectivity index (χ1) is 15.1. The molecule has 1 fully saturated rings. The molecule has 0 spiro atoms. The van der Waals surface area contributed by atoms with Crippen molar-refractivity contribution in [2.45, 2.75) is 57.1 Å². The van der Waals surface area contributed by atoms with E-state index >= 15 is 0 Å². The summed E-state index contributed by atoms with van der Waals surface area (Å²) < 4.78 is 31.2. The number of hydrogen-bond acceptors (Lipinski definition) is 3. The first-order valence-electron chi connectivity index (χ1n) is 10.9. The minimum atomic E-state index is -0.733. The third-order valence-electron chi connectivity index (χ3n) is 5.52. The van der Waals surface area contributed by atoms with Crippen LogP contribution in [0.25, 0.3) is 0 Å². The molecule has 2 N–H and O–H groups in total. The number of ether oxygens (including phenoxy) is 1. The molecule has 0 radical (unpaired) electrons. The molecule has 5 nitrogen and oxygen atoms in total. The van der Waals surface area contributed by atoms with Gasteiger partial charge in [0.2, 0.25) is 0 Å². The van der Waals surface area contributed by atoms with Gasteiger partial charge in [0.15, 0.2) is 5.96 Å². The molecule has 1 aliphatic rings. The maximum Gasteiger partial charge on any atom is 0.191 e. The standard InChI is InChI=1S/C24H32FN3O2S.HI/c1-3-31(29)23-9-5-8-21(15-23)28-24(26-2)27-16-18-10-12-22(13-11-18)30-17-19-6-4-7-20(25)14-19;/h4,6-7,10-14,21,23H,3,5,8-9,15-17H2,1-2H3,(H2,26,27,28);1H. The van der Waals surface area contributed by atoms with Crippen LogP contribution in [0.5, 0.6) is 5.75 Å². The van der Waals surface area contributed by atoms with Crippen molar-refractivity contribution in [2.75, 3.05) is 12.8 Å². The summed E-state index contributed by atoms with van der Waals surface area (Å²) in [6.45, 7) is 2.96. The first-order valence-corrected chi connectivity index (χ1v) is 12.3. The third kappa shape index (κ3) is 8.35. The number of guanidine groups is 1. The summed E-state index contributed by atoms with van der Waals surface area (Å²) in [7, 11) is 1.03. The topological polar surface area (TPSA) is 62.7 Å². The predicted octanol–water partition coefficient (Wildman–Crippen LogP) is 4.77. The molecular weight excluding hydrogens is 540 g/mol. The Balaban J connectivity index is 0.00000363. The fourth-order valence-electron chi connectivity index (χ4n) is 3.82. The highest BCUT2D eigenvalue weighted by molar-refractivity contribution is 14.0. The molecule has 1 aliphatic carbocycles. The van der Waals surface area contributed by atoms with Crippen LogP contribution in [0.4, 0.5) is 4.39 Å². The van der Waals surface area contributed by atoms with Crippen LogP contribution in [0.3, 0.4) is 0 Å². The van der Waals surface area contributed by atoms with Gasteiger partial charge in [0.25, 0.3) is 0 Å².